The Morgan fingerprint density at radius 2 is 1.94 bits per heavy atom. The Hall–Kier alpha value is -1.55. The van der Waals surface area contributed by atoms with Gasteiger partial charge in [0.2, 0.25) is 6.10 Å². The number of rotatable bonds is 7. The molecule has 0 saturated carbocycles. The monoisotopic (exact) mass is 252 g/mol. The summed E-state index contributed by atoms with van der Waals surface area (Å²) in [4.78, 5) is 10.9. The second-order valence-electron chi connectivity index (χ2n) is 4.28. The van der Waals surface area contributed by atoms with Crippen LogP contribution in [0, 0.1) is 0 Å². The van der Waals surface area contributed by atoms with Crippen molar-refractivity contribution < 1.29 is 19.4 Å². The Morgan fingerprint density at radius 3 is 2.39 bits per heavy atom. The fourth-order valence-electron chi connectivity index (χ4n) is 1.58. The summed E-state index contributed by atoms with van der Waals surface area (Å²) in [5, 5.41) is 8.94. The van der Waals surface area contributed by atoms with Crippen LogP contribution in [0.2, 0.25) is 0 Å². The molecule has 2 atom stereocenters. The highest BCUT2D eigenvalue weighted by molar-refractivity contribution is 5.72. The Labute approximate surface area is 108 Å². The molecular formula is C14H20O4. The quantitative estimate of drug-likeness (QED) is 0.810. The summed E-state index contributed by atoms with van der Waals surface area (Å²) >= 11 is 0. The minimum absolute atomic E-state index is 0.0302. The molecule has 0 aliphatic heterocycles. The Kier molecular flexibility index (Phi) is 5.65. The summed E-state index contributed by atoms with van der Waals surface area (Å²) in [6.45, 7) is 4.32. The highest BCUT2D eigenvalue weighted by Crippen LogP contribution is 2.22. The van der Waals surface area contributed by atoms with Crippen LogP contribution in [0.5, 0.6) is 5.75 Å². The van der Waals surface area contributed by atoms with Crippen molar-refractivity contribution in [3.05, 3.63) is 29.8 Å². The third-order valence-corrected chi connectivity index (χ3v) is 2.93. The average molecular weight is 252 g/mol. The van der Waals surface area contributed by atoms with E-state index in [9.17, 15) is 4.79 Å². The summed E-state index contributed by atoms with van der Waals surface area (Å²) < 4.78 is 10.2. The van der Waals surface area contributed by atoms with E-state index in [1.54, 1.807) is 12.1 Å². The molecule has 2 unspecified atom stereocenters. The third-order valence-electron chi connectivity index (χ3n) is 2.93. The van der Waals surface area contributed by atoms with Gasteiger partial charge in [-0.25, -0.2) is 4.79 Å². The Balaban J connectivity index is 2.70. The van der Waals surface area contributed by atoms with Gasteiger partial charge >= 0.3 is 5.97 Å². The SMILES string of the molecule is CCC(C)c1ccc(OC(COC)C(=O)O)cc1. The summed E-state index contributed by atoms with van der Waals surface area (Å²) in [6, 6.07) is 7.53. The second-order valence-corrected chi connectivity index (χ2v) is 4.28. The molecule has 1 aromatic rings. The van der Waals surface area contributed by atoms with Crippen molar-refractivity contribution in [2.75, 3.05) is 13.7 Å². The van der Waals surface area contributed by atoms with E-state index in [0.717, 1.165) is 6.42 Å². The van der Waals surface area contributed by atoms with E-state index in [2.05, 4.69) is 13.8 Å². The molecule has 4 heteroatoms. The molecule has 0 bridgehead atoms. The van der Waals surface area contributed by atoms with Crippen LogP contribution in [-0.2, 0) is 9.53 Å². The molecule has 100 valence electrons. The van der Waals surface area contributed by atoms with Gasteiger partial charge in [0, 0.05) is 7.11 Å². The largest absolute Gasteiger partial charge is 0.478 e. The lowest BCUT2D eigenvalue weighted by molar-refractivity contribution is -0.147. The molecule has 0 heterocycles. The Bertz CT molecular complexity index is 372. The van der Waals surface area contributed by atoms with Crippen molar-refractivity contribution >= 4 is 5.97 Å². The molecule has 1 aromatic carbocycles. The van der Waals surface area contributed by atoms with Crippen LogP contribution < -0.4 is 4.74 Å². The van der Waals surface area contributed by atoms with E-state index in [1.165, 1.54) is 12.7 Å². The number of carbonyl (C=O) groups is 1. The lowest BCUT2D eigenvalue weighted by Gasteiger charge is -2.15. The minimum Gasteiger partial charge on any atom is -0.478 e. The van der Waals surface area contributed by atoms with Crippen molar-refractivity contribution in [3.8, 4) is 5.75 Å². The summed E-state index contributed by atoms with van der Waals surface area (Å²) in [6.07, 6.45) is 0.103. The number of ether oxygens (including phenoxy) is 2. The lowest BCUT2D eigenvalue weighted by Crippen LogP contribution is -2.31. The molecule has 1 N–H and O–H groups in total. The van der Waals surface area contributed by atoms with Crippen molar-refractivity contribution in [1.82, 2.24) is 0 Å². The molecule has 0 spiro atoms. The maximum absolute atomic E-state index is 10.9. The number of hydrogen-bond acceptors (Lipinski definition) is 3. The summed E-state index contributed by atoms with van der Waals surface area (Å²) in [7, 11) is 1.45. The maximum atomic E-state index is 10.9. The van der Waals surface area contributed by atoms with Gasteiger partial charge in [0.25, 0.3) is 0 Å². The smallest absolute Gasteiger partial charge is 0.347 e. The molecule has 0 amide bonds. The first-order valence-corrected chi connectivity index (χ1v) is 6.06. The van der Waals surface area contributed by atoms with Gasteiger partial charge in [-0.3, -0.25) is 0 Å². The van der Waals surface area contributed by atoms with Gasteiger partial charge in [-0.1, -0.05) is 26.0 Å². The van der Waals surface area contributed by atoms with Gasteiger partial charge in [0.15, 0.2) is 0 Å². The van der Waals surface area contributed by atoms with E-state index < -0.39 is 12.1 Å². The van der Waals surface area contributed by atoms with Gasteiger partial charge < -0.3 is 14.6 Å². The molecule has 0 aliphatic rings. The van der Waals surface area contributed by atoms with Gasteiger partial charge in [-0.2, -0.15) is 0 Å². The number of carboxylic acids is 1. The zero-order valence-electron chi connectivity index (χ0n) is 11.1. The minimum atomic E-state index is -1.03. The predicted molar refractivity (Wildman–Crippen MR) is 69.1 cm³/mol. The molecular weight excluding hydrogens is 232 g/mol. The third kappa shape index (κ3) is 4.04. The van der Waals surface area contributed by atoms with Crippen LogP contribution in [0.15, 0.2) is 24.3 Å². The Morgan fingerprint density at radius 1 is 1.33 bits per heavy atom. The van der Waals surface area contributed by atoms with Gasteiger partial charge in [-0.05, 0) is 30.0 Å². The lowest BCUT2D eigenvalue weighted by atomic mass is 9.99. The highest BCUT2D eigenvalue weighted by atomic mass is 16.5. The molecule has 1 rings (SSSR count). The molecule has 0 radical (unpaired) electrons. The summed E-state index contributed by atoms with van der Waals surface area (Å²) in [5.74, 6) is 0.0163. The van der Waals surface area contributed by atoms with Gasteiger partial charge in [0.1, 0.15) is 5.75 Å². The first-order chi connectivity index (χ1) is 8.58. The first kappa shape index (κ1) is 14.5. The number of aliphatic carboxylic acids is 1. The van der Waals surface area contributed by atoms with Crippen LogP contribution in [0.25, 0.3) is 0 Å². The molecule has 4 nitrogen and oxygen atoms in total. The van der Waals surface area contributed by atoms with Crippen molar-refractivity contribution in [3.63, 3.8) is 0 Å². The van der Waals surface area contributed by atoms with Crippen LogP contribution in [0.3, 0.4) is 0 Å². The predicted octanol–water partition coefficient (Wildman–Crippen LogP) is 2.68. The zero-order chi connectivity index (χ0) is 13.5. The highest BCUT2D eigenvalue weighted by Gasteiger charge is 2.19. The molecule has 0 fully saturated rings. The maximum Gasteiger partial charge on any atom is 0.347 e. The van der Waals surface area contributed by atoms with Crippen molar-refractivity contribution in [2.45, 2.75) is 32.3 Å². The van der Waals surface area contributed by atoms with E-state index >= 15 is 0 Å². The van der Waals surface area contributed by atoms with E-state index in [-0.39, 0.29) is 6.61 Å². The molecule has 0 aliphatic carbocycles. The van der Waals surface area contributed by atoms with Crippen molar-refractivity contribution in [1.29, 1.82) is 0 Å². The second kappa shape index (κ2) is 7.01. The average Bonchev–Trinajstić information content (AvgIpc) is 2.38. The number of carboxylic acid groups (broad SMARTS) is 1. The van der Waals surface area contributed by atoms with Crippen LogP contribution in [-0.4, -0.2) is 30.9 Å². The fraction of sp³-hybridized carbons (Fsp3) is 0.500. The summed E-state index contributed by atoms with van der Waals surface area (Å²) in [5.41, 5.74) is 1.23. The van der Waals surface area contributed by atoms with Gasteiger partial charge in [0.05, 0.1) is 6.61 Å². The molecule has 18 heavy (non-hydrogen) atoms. The van der Waals surface area contributed by atoms with E-state index in [1.807, 2.05) is 12.1 Å². The van der Waals surface area contributed by atoms with Crippen LogP contribution >= 0.6 is 0 Å². The molecule has 0 saturated heterocycles. The van der Waals surface area contributed by atoms with E-state index in [4.69, 9.17) is 14.6 Å². The normalized spacial score (nSPS) is 13.9. The fourth-order valence-corrected chi connectivity index (χ4v) is 1.58. The van der Waals surface area contributed by atoms with Crippen LogP contribution in [0.1, 0.15) is 31.7 Å². The number of benzene rings is 1. The standard InChI is InChI=1S/C14H20O4/c1-4-10(2)11-5-7-12(8-6-11)18-13(9-17-3)14(15)16/h5-8,10,13H,4,9H2,1-3H3,(H,15,16). The van der Waals surface area contributed by atoms with Gasteiger partial charge in [-0.15, -0.1) is 0 Å². The number of methoxy groups -OCH3 is 1. The first-order valence-electron chi connectivity index (χ1n) is 6.06. The van der Waals surface area contributed by atoms with Crippen LogP contribution in [0.4, 0.5) is 0 Å². The number of hydrogen-bond donors (Lipinski definition) is 1. The zero-order valence-corrected chi connectivity index (χ0v) is 11.1. The topological polar surface area (TPSA) is 55.8 Å². The molecule has 0 aromatic heterocycles. The van der Waals surface area contributed by atoms with E-state index in [0.29, 0.717) is 11.7 Å². The van der Waals surface area contributed by atoms with Crippen molar-refractivity contribution in [2.24, 2.45) is 0 Å².